The minimum absolute atomic E-state index is 0.0294. The topological polar surface area (TPSA) is 57.9 Å². The highest BCUT2D eigenvalue weighted by atomic mass is 32.2. The summed E-state index contributed by atoms with van der Waals surface area (Å²) in [4.78, 5) is 0. The van der Waals surface area contributed by atoms with Crippen LogP contribution >= 0.6 is 0 Å². The van der Waals surface area contributed by atoms with Crippen LogP contribution in [0.1, 0.15) is 22.3 Å². The van der Waals surface area contributed by atoms with Crippen molar-refractivity contribution in [1.82, 2.24) is 0 Å². The highest BCUT2D eigenvalue weighted by molar-refractivity contribution is 7.89. The van der Waals surface area contributed by atoms with Crippen molar-refractivity contribution in [2.45, 2.75) is 18.4 Å². The molecule has 0 unspecified atom stereocenters. The Bertz CT molecular complexity index is 807. The Balaban J connectivity index is 2.24. The van der Waals surface area contributed by atoms with Crippen LogP contribution < -0.4 is 0 Å². The maximum absolute atomic E-state index is 13.7. The number of sulfone groups is 1. The SMILES string of the molecule is Cc1cccc(CS(=O)(=O)Cc2cc(C#N)ccc2F)c1. The normalized spacial score (nSPS) is 11.1. The van der Waals surface area contributed by atoms with Gasteiger partial charge in [0.25, 0.3) is 0 Å². The summed E-state index contributed by atoms with van der Waals surface area (Å²) in [5, 5.41) is 8.80. The first-order valence-corrected chi connectivity index (χ1v) is 8.16. The second kappa shape index (κ2) is 6.06. The van der Waals surface area contributed by atoms with Crippen molar-refractivity contribution in [2.75, 3.05) is 0 Å². The van der Waals surface area contributed by atoms with E-state index < -0.39 is 21.4 Å². The van der Waals surface area contributed by atoms with Crippen molar-refractivity contribution < 1.29 is 12.8 Å². The summed E-state index contributed by atoms with van der Waals surface area (Å²) < 4.78 is 38.0. The largest absolute Gasteiger partial charge is 0.228 e. The second-order valence-electron chi connectivity index (χ2n) is 4.94. The minimum Gasteiger partial charge on any atom is -0.228 e. The van der Waals surface area contributed by atoms with Crippen LogP contribution in [-0.2, 0) is 21.3 Å². The Labute approximate surface area is 123 Å². The Morgan fingerprint density at radius 2 is 1.90 bits per heavy atom. The van der Waals surface area contributed by atoms with Gasteiger partial charge in [-0.1, -0.05) is 29.8 Å². The molecule has 0 bridgehead atoms. The molecule has 0 heterocycles. The van der Waals surface area contributed by atoms with Gasteiger partial charge in [0.2, 0.25) is 0 Å². The van der Waals surface area contributed by atoms with E-state index in [1.165, 1.54) is 12.1 Å². The van der Waals surface area contributed by atoms with Crippen molar-refractivity contribution in [3.8, 4) is 6.07 Å². The van der Waals surface area contributed by atoms with Crippen LogP contribution in [0.15, 0.2) is 42.5 Å². The van der Waals surface area contributed by atoms with Gasteiger partial charge in [-0.25, -0.2) is 12.8 Å². The van der Waals surface area contributed by atoms with Crippen molar-refractivity contribution in [3.63, 3.8) is 0 Å². The second-order valence-corrected chi connectivity index (χ2v) is 7.00. The zero-order chi connectivity index (χ0) is 15.5. The molecule has 0 atom stereocenters. The van der Waals surface area contributed by atoms with Crippen molar-refractivity contribution in [2.24, 2.45) is 0 Å². The highest BCUT2D eigenvalue weighted by Crippen LogP contribution is 2.17. The number of nitriles is 1. The number of aryl methyl sites for hydroxylation is 1. The third-order valence-electron chi connectivity index (χ3n) is 3.02. The quantitative estimate of drug-likeness (QED) is 0.872. The van der Waals surface area contributed by atoms with Crippen LogP contribution in [0.5, 0.6) is 0 Å². The highest BCUT2D eigenvalue weighted by Gasteiger charge is 2.16. The molecule has 0 saturated heterocycles. The maximum atomic E-state index is 13.7. The molecule has 0 spiro atoms. The molecular formula is C16H14FNO2S. The number of nitrogens with zero attached hydrogens (tertiary/aromatic N) is 1. The van der Waals surface area contributed by atoms with Gasteiger partial charge in [-0.3, -0.25) is 0 Å². The Morgan fingerprint density at radius 3 is 2.57 bits per heavy atom. The molecule has 0 aromatic heterocycles. The van der Waals surface area contributed by atoms with Crippen molar-refractivity contribution >= 4 is 9.84 Å². The van der Waals surface area contributed by atoms with Gasteiger partial charge in [-0.05, 0) is 30.7 Å². The molecule has 108 valence electrons. The summed E-state index contributed by atoms with van der Waals surface area (Å²) in [6, 6.07) is 12.8. The van der Waals surface area contributed by atoms with Crippen LogP contribution in [0.25, 0.3) is 0 Å². The van der Waals surface area contributed by atoms with E-state index in [-0.39, 0.29) is 16.9 Å². The predicted octanol–water partition coefficient (Wildman–Crippen LogP) is 3.12. The van der Waals surface area contributed by atoms with E-state index in [0.717, 1.165) is 11.6 Å². The van der Waals surface area contributed by atoms with Crippen LogP contribution in [0, 0.1) is 24.1 Å². The molecule has 2 rings (SSSR count). The summed E-state index contributed by atoms with van der Waals surface area (Å²) in [6.07, 6.45) is 0. The fraction of sp³-hybridized carbons (Fsp3) is 0.188. The summed E-state index contributed by atoms with van der Waals surface area (Å²) in [6.45, 7) is 1.88. The van der Waals surface area contributed by atoms with E-state index >= 15 is 0 Å². The summed E-state index contributed by atoms with van der Waals surface area (Å²) >= 11 is 0. The number of hydrogen-bond acceptors (Lipinski definition) is 3. The molecule has 3 nitrogen and oxygen atoms in total. The Hall–Kier alpha value is -2.19. The van der Waals surface area contributed by atoms with Gasteiger partial charge in [-0.2, -0.15) is 5.26 Å². The third kappa shape index (κ3) is 4.14. The molecule has 21 heavy (non-hydrogen) atoms. The van der Waals surface area contributed by atoms with Crippen LogP contribution in [0.2, 0.25) is 0 Å². The molecule has 5 heteroatoms. The standard InChI is InChI=1S/C16H14FNO2S/c1-12-3-2-4-14(7-12)10-21(19,20)11-15-8-13(9-18)5-6-16(15)17/h2-8H,10-11H2,1H3. The first-order valence-electron chi connectivity index (χ1n) is 6.34. The van der Waals surface area contributed by atoms with Gasteiger partial charge in [0, 0.05) is 5.56 Å². The zero-order valence-corrected chi connectivity index (χ0v) is 12.3. The Kier molecular flexibility index (Phi) is 4.39. The van der Waals surface area contributed by atoms with Gasteiger partial charge in [0.1, 0.15) is 5.82 Å². The van der Waals surface area contributed by atoms with E-state index in [9.17, 15) is 12.8 Å². The van der Waals surface area contributed by atoms with Crippen molar-refractivity contribution in [3.05, 3.63) is 70.5 Å². The van der Waals surface area contributed by atoms with Crippen LogP contribution in [0.3, 0.4) is 0 Å². The monoisotopic (exact) mass is 303 g/mol. The van der Waals surface area contributed by atoms with Gasteiger partial charge in [0.15, 0.2) is 9.84 Å². The average Bonchev–Trinajstić information content (AvgIpc) is 2.40. The molecule has 0 saturated carbocycles. The lowest BCUT2D eigenvalue weighted by atomic mass is 10.1. The lowest BCUT2D eigenvalue weighted by Gasteiger charge is -2.07. The number of rotatable bonds is 4. The molecular weight excluding hydrogens is 289 g/mol. The molecule has 0 fully saturated rings. The fourth-order valence-electron chi connectivity index (χ4n) is 2.10. The van der Waals surface area contributed by atoms with Gasteiger partial charge in [-0.15, -0.1) is 0 Å². The third-order valence-corrected chi connectivity index (χ3v) is 4.54. The lowest BCUT2D eigenvalue weighted by molar-refractivity contribution is 0.586. The maximum Gasteiger partial charge on any atom is 0.158 e. The number of halogens is 1. The average molecular weight is 303 g/mol. The van der Waals surface area contributed by atoms with Crippen LogP contribution in [0.4, 0.5) is 4.39 Å². The van der Waals surface area contributed by atoms with E-state index in [4.69, 9.17) is 5.26 Å². The molecule has 0 aliphatic carbocycles. The molecule has 2 aromatic carbocycles. The predicted molar refractivity (Wildman–Crippen MR) is 78.6 cm³/mol. The zero-order valence-electron chi connectivity index (χ0n) is 11.5. The van der Waals surface area contributed by atoms with Gasteiger partial charge in [0.05, 0.1) is 23.1 Å². The number of benzene rings is 2. The first kappa shape index (κ1) is 15.2. The minimum atomic E-state index is -3.50. The summed E-state index contributed by atoms with van der Waals surface area (Å²) in [5.74, 6) is -1.17. The van der Waals surface area contributed by atoms with E-state index in [2.05, 4.69) is 0 Å². The van der Waals surface area contributed by atoms with Crippen molar-refractivity contribution in [1.29, 1.82) is 5.26 Å². The first-order chi connectivity index (χ1) is 9.89. The van der Waals surface area contributed by atoms with E-state index in [1.807, 2.05) is 19.1 Å². The summed E-state index contributed by atoms with van der Waals surface area (Å²) in [5.41, 5.74) is 1.92. The van der Waals surface area contributed by atoms with Crippen LogP contribution in [-0.4, -0.2) is 8.42 Å². The molecule has 2 aromatic rings. The van der Waals surface area contributed by atoms with E-state index in [0.29, 0.717) is 5.56 Å². The van der Waals surface area contributed by atoms with Gasteiger partial charge >= 0.3 is 0 Å². The molecule has 0 N–H and O–H groups in total. The van der Waals surface area contributed by atoms with Gasteiger partial charge < -0.3 is 0 Å². The molecule has 0 aliphatic rings. The molecule has 0 amide bonds. The number of hydrogen-bond donors (Lipinski definition) is 0. The lowest BCUT2D eigenvalue weighted by Crippen LogP contribution is -2.09. The van der Waals surface area contributed by atoms with E-state index in [1.54, 1.807) is 18.2 Å². The molecule has 0 aliphatic heterocycles. The fourth-order valence-corrected chi connectivity index (χ4v) is 3.58. The molecule has 0 radical (unpaired) electrons. The summed E-state index contributed by atoms with van der Waals surface area (Å²) in [7, 11) is -3.50. The Morgan fingerprint density at radius 1 is 1.14 bits per heavy atom. The smallest absolute Gasteiger partial charge is 0.158 e.